The molecule has 1 aromatic heterocycles. The van der Waals surface area contributed by atoms with E-state index in [4.69, 9.17) is 11.6 Å². The summed E-state index contributed by atoms with van der Waals surface area (Å²) in [5.74, 6) is 0.337. The summed E-state index contributed by atoms with van der Waals surface area (Å²) in [5, 5.41) is 2.89. The summed E-state index contributed by atoms with van der Waals surface area (Å²) in [4.78, 5) is 15.8. The molecule has 0 saturated heterocycles. The molecule has 1 amide bonds. The highest BCUT2D eigenvalue weighted by molar-refractivity contribution is 9.10. The third-order valence-electron chi connectivity index (χ3n) is 2.13. The average Bonchev–Trinajstić information content (AvgIpc) is 2.17. The molecule has 0 aromatic carbocycles. The van der Waals surface area contributed by atoms with Gasteiger partial charge in [0.2, 0.25) is 0 Å². The molecule has 1 aromatic rings. The van der Waals surface area contributed by atoms with E-state index in [0.29, 0.717) is 11.6 Å². The first kappa shape index (κ1) is 13.5. The highest BCUT2D eigenvalue weighted by Gasteiger charge is 2.20. The van der Waals surface area contributed by atoms with Crippen LogP contribution in [0.15, 0.2) is 22.8 Å². The Hall–Kier alpha value is -0.610. The van der Waals surface area contributed by atoms with Crippen molar-refractivity contribution >= 4 is 33.4 Å². The number of aromatic nitrogens is 1. The van der Waals surface area contributed by atoms with Gasteiger partial charge in [-0.25, -0.2) is 4.98 Å². The van der Waals surface area contributed by atoms with Crippen LogP contribution in [0.25, 0.3) is 0 Å². The number of halogens is 2. The summed E-state index contributed by atoms with van der Waals surface area (Å²) in [6.07, 6.45) is 2.32. The summed E-state index contributed by atoms with van der Waals surface area (Å²) in [5.41, 5.74) is 0.0963. The van der Waals surface area contributed by atoms with Crippen LogP contribution in [-0.4, -0.2) is 22.3 Å². The molecule has 0 radical (unpaired) electrons. The van der Waals surface area contributed by atoms with E-state index in [1.165, 1.54) is 0 Å². The zero-order valence-electron chi connectivity index (χ0n) is 9.26. The van der Waals surface area contributed by atoms with Crippen LogP contribution < -0.4 is 5.32 Å². The summed E-state index contributed by atoms with van der Waals surface area (Å²) in [6.45, 7) is 3.87. The highest BCUT2D eigenvalue weighted by Crippen LogP contribution is 2.12. The van der Waals surface area contributed by atoms with Crippen LogP contribution >= 0.6 is 27.5 Å². The van der Waals surface area contributed by atoms with Crippen molar-refractivity contribution < 1.29 is 4.79 Å². The molecule has 5 heteroatoms. The number of carbonyl (C=O) groups excluding carboxylic acids is 1. The van der Waals surface area contributed by atoms with Crippen LogP contribution in [0.5, 0.6) is 0 Å². The molecular weight excluding hydrogens is 291 g/mol. The maximum Gasteiger partial charge on any atom is 0.270 e. The van der Waals surface area contributed by atoms with Crippen molar-refractivity contribution in [2.75, 3.05) is 5.88 Å². The normalized spacial score (nSPS) is 11.2. The number of carbonyl (C=O) groups is 1. The molecule has 88 valence electrons. The van der Waals surface area contributed by atoms with Gasteiger partial charge < -0.3 is 5.32 Å². The number of nitrogens with one attached hydrogen (secondary N) is 1. The van der Waals surface area contributed by atoms with Crippen molar-refractivity contribution in [3.8, 4) is 0 Å². The van der Waals surface area contributed by atoms with E-state index >= 15 is 0 Å². The van der Waals surface area contributed by atoms with Crippen LogP contribution in [0, 0.1) is 0 Å². The highest BCUT2D eigenvalue weighted by atomic mass is 79.9. The third kappa shape index (κ3) is 4.10. The van der Waals surface area contributed by atoms with Gasteiger partial charge in [0.15, 0.2) is 0 Å². The quantitative estimate of drug-likeness (QED) is 0.869. The van der Waals surface area contributed by atoms with E-state index in [1.54, 1.807) is 18.3 Å². The van der Waals surface area contributed by atoms with E-state index in [9.17, 15) is 4.79 Å². The largest absolute Gasteiger partial charge is 0.346 e. The number of nitrogens with zero attached hydrogens (tertiary/aromatic N) is 1. The van der Waals surface area contributed by atoms with Gasteiger partial charge in [-0.2, -0.15) is 0 Å². The molecule has 3 nitrogen and oxygen atoms in total. The molecule has 16 heavy (non-hydrogen) atoms. The van der Waals surface area contributed by atoms with Crippen molar-refractivity contribution in [2.24, 2.45) is 0 Å². The van der Waals surface area contributed by atoms with Crippen molar-refractivity contribution in [1.82, 2.24) is 10.3 Å². The molecule has 0 aliphatic carbocycles. The van der Waals surface area contributed by atoms with Crippen molar-refractivity contribution in [3.63, 3.8) is 0 Å². The lowest BCUT2D eigenvalue weighted by molar-refractivity contribution is 0.0906. The molecular formula is C11H14BrClN2O. The maximum atomic E-state index is 11.8. The van der Waals surface area contributed by atoms with Crippen LogP contribution in [0.1, 0.15) is 30.8 Å². The van der Waals surface area contributed by atoms with E-state index in [0.717, 1.165) is 10.9 Å². The van der Waals surface area contributed by atoms with E-state index in [-0.39, 0.29) is 11.4 Å². The number of pyridine rings is 1. The fraction of sp³-hybridized carbons (Fsp3) is 0.455. The predicted molar refractivity (Wildman–Crippen MR) is 68.8 cm³/mol. The zero-order valence-corrected chi connectivity index (χ0v) is 11.6. The number of hydrogen-bond donors (Lipinski definition) is 1. The number of amides is 1. The molecule has 0 fully saturated rings. The fourth-order valence-electron chi connectivity index (χ4n) is 1.18. The Labute approximate surface area is 109 Å². The van der Waals surface area contributed by atoms with Crippen LogP contribution in [0.3, 0.4) is 0 Å². The first-order valence-corrected chi connectivity index (χ1v) is 6.27. The monoisotopic (exact) mass is 304 g/mol. The van der Waals surface area contributed by atoms with Gasteiger partial charge in [-0.1, -0.05) is 0 Å². The SMILES string of the molecule is CC(C)(CCCl)NC(=O)c1ccc(Br)cn1. The summed E-state index contributed by atoms with van der Waals surface area (Å²) >= 11 is 8.93. The molecule has 0 aliphatic rings. The standard InChI is InChI=1S/C11H14BrClN2O/c1-11(2,5-6-13)15-10(16)9-4-3-8(12)7-14-9/h3-4,7H,5-6H2,1-2H3,(H,15,16). The first-order chi connectivity index (χ1) is 7.44. The van der Waals surface area contributed by atoms with Gasteiger partial charge in [-0.05, 0) is 48.3 Å². The second kappa shape index (κ2) is 5.64. The minimum atomic E-state index is -0.312. The lowest BCUT2D eigenvalue weighted by Gasteiger charge is -2.24. The number of hydrogen-bond acceptors (Lipinski definition) is 2. The molecule has 0 bridgehead atoms. The molecule has 0 saturated carbocycles. The van der Waals surface area contributed by atoms with E-state index in [2.05, 4.69) is 26.2 Å². The minimum absolute atomic E-state index is 0.178. The molecule has 0 aliphatic heterocycles. The number of rotatable bonds is 4. The first-order valence-electron chi connectivity index (χ1n) is 4.95. The van der Waals surface area contributed by atoms with E-state index in [1.807, 2.05) is 13.8 Å². The van der Waals surface area contributed by atoms with Gasteiger partial charge in [0, 0.05) is 22.1 Å². The Morgan fingerprint density at radius 3 is 2.75 bits per heavy atom. The predicted octanol–water partition coefficient (Wildman–Crippen LogP) is 2.98. The molecule has 0 unspecified atom stereocenters. The smallest absolute Gasteiger partial charge is 0.270 e. The van der Waals surface area contributed by atoms with Gasteiger partial charge >= 0.3 is 0 Å². The van der Waals surface area contributed by atoms with Gasteiger partial charge in [0.05, 0.1) is 0 Å². The Morgan fingerprint density at radius 2 is 2.25 bits per heavy atom. The average molecular weight is 306 g/mol. The minimum Gasteiger partial charge on any atom is -0.346 e. The van der Waals surface area contributed by atoms with Crippen LogP contribution in [0.4, 0.5) is 0 Å². The van der Waals surface area contributed by atoms with Crippen molar-refractivity contribution in [2.45, 2.75) is 25.8 Å². The van der Waals surface area contributed by atoms with Gasteiger partial charge in [0.25, 0.3) is 5.91 Å². The Morgan fingerprint density at radius 1 is 1.56 bits per heavy atom. The fourth-order valence-corrected chi connectivity index (χ4v) is 1.89. The Bertz CT molecular complexity index is 365. The molecule has 1 rings (SSSR count). The van der Waals surface area contributed by atoms with Gasteiger partial charge in [0.1, 0.15) is 5.69 Å². The topological polar surface area (TPSA) is 42.0 Å². The molecule has 1 N–H and O–H groups in total. The Balaban J connectivity index is 2.69. The van der Waals surface area contributed by atoms with Crippen LogP contribution in [-0.2, 0) is 0 Å². The maximum absolute atomic E-state index is 11.8. The lowest BCUT2D eigenvalue weighted by Crippen LogP contribution is -2.43. The van der Waals surface area contributed by atoms with E-state index < -0.39 is 0 Å². The van der Waals surface area contributed by atoms with Crippen molar-refractivity contribution in [1.29, 1.82) is 0 Å². The van der Waals surface area contributed by atoms with Crippen molar-refractivity contribution in [3.05, 3.63) is 28.5 Å². The second-order valence-corrected chi connectivity index (χ2v) is 5.43. The molecule has 0 spiro atoms. The zero-order chi connectivity index (χ0) is 12.2. The second-order valence-electron chi connectivity index (χ2n) is 4.14. The lowest BCUT2D eigenvalue weighted by atomic mass is 10.0. The molecule has 0 atom stereocenters. The molecule has 1 heterocycles. The summed E-state index contributed by atoms with van der Waals surface area (Å²) in [6, 6.07) is 3.46. The summed E-state index contributed by atoms with van der Waals surface area (Å²) in [7, 11) is 0. The summed E-state index contributed by atoms with van der Waals surface area (Å²) < 4.78 is 0.851. The van der Waals surface area contributed by atoms with Crippen LogP contribution in [0.2, 0.25) is 0 Å². The number of alkyl halides is 1. The Kier molecular flexibility index (Phi) is 4.74. The van der Waals surface area contributed by atoms with Gasteiger partial charge in [-0.3, -0.25) is 4.79 Å². The van der Waals surface area contributed by atoms with Gasteiger partial charge in [-0.15, -0.1) is 11.6 Å². The third-order valence-corrected chi connectivity index (χ3v) is 2.79.